The average molecular weight is 274 g/mol. The van der Waals surface area contributed by atoms with Crippen LogP contribution in [0.3, 0.4) is 0 Å². The zero-order valence-corrected chi connectivity index (χ0v) is 10.8. The molecular weight excluding hydrogens is 261 g/mol. The van der Waals surface area contributed by atoms with Gasteiger partial charge in [-0.25, -0.2) is 0 Å². The van der Waals surface area contributed by atoms with Gasteiger partial charge in [-0.2, -0.15) is 0 Å². The largest absolute Gasteiger partial charge is 0.429 e. The van der Waals surface area contributed by atoms with E-state index in [0.717, 1.165) is 10.6 Å². The monoisotopic (exact) mass is 273 g/mol. The van der Waals surface area contributed by atoms with Crippen molar-refractivity contribution in [2.24, 2.45) is 5.73 Å². The van der Waals surface area contributed by atoms with Crippen molar-refractivity contribution in [3.63, 3.8) is 0 Å². The van der Waals surface area contributed by atoms with Crippen LogP contribution in [-0.4, -0.2) is 0 Å². The van der Waals surface area contributed by atoms with Crippen LogP contribution in [0.15, 0.2) is 34.7 Å². The van der Waals surface area contributed by atoms with E-state index in [0.29, 0.717) is 24.0 Å². The van der Waals surface area contributed by atoms with E-state index in [9.17, 15) is 0 Å². The fourth-order valence-corrected chi connectivity index (χ4v) is 1.44. The summed E-state index contributed by atoms with van der Waals surface area (Å²) in [5.41, 5.74) is 6.40. The first kappa shape index (κ1) is 13.9. The van der Waals surface area contributed by atoms with E-state index in [1.54, 1.807) is 24.3 Å². The molecule has 0 atom stereocenters. The maximum atomic E-state index is 5.91. The molecule has 0 radical (unpaired) electrons. The fourth-order valence-electron chi connectivity index (χ4n) is 1.32. The van der Waals surface area contributed by atoms with E-state index in [4.69, 9.17) is 26.5 Å². The zero-order valence-electron chi connectivity index (χ0n) is 9.27. The van der Waals surface area contributed by atoms with Gasteiger partial charge in [0, 0.05) is 11.1 Å². The summed E-state index contributed by atoms with van der Waals surface area (Å²) < 4.78 is 10.8. The number of aryl methyl sites for hydroxylation is 1. The molecule has 2 N–H and O–H groups in total. The third kappa shape index (κ3) is 3.40. The maximum Gasteiger partial charge on any atom is 0.290 e. The van der Waals surface area contributed by atoms with Crippen LogP contribution in [0, 0.1) is 6.92 Å². The third-order valence-electron chi connectivity index (χ3n) is 2.19. The number of furan rings is 1. The second kappa shape index (κ2) is 5.96. The van der Waals surface area contributed by atoms with Crippen molar-refractivity contribution in [1.29, 1.82) is 0 Å². The first-order valence-electron chi connectivity index (χ1n) is 4.92. The molecule has 17 heavy (non-hydrogen) atoms. The van der Waals surface area contributed by atoms with Gasteiger partial charge in [0.05, 0.1) is 6.54 Å². The van der Waals surface area contributed by atoms with Gasteiger partial charge in [-0.05, 0) is 36.8 Å². The minimum atomic E-state index is 0. The molecule has 1 aromatic carbocycles. The van der Waals surface area contributed by atoms with Crippen molar-refractivity contribution >= 4 is 24.0 Å². The molecule has 0 amide bonds. The molecule has 2 rings (SSSR count). The lowest BCUT2D eigenvalue weighted by Crippen LogP contribution is -1.92. The van der Waals surface area contributed by atoms with Crippen LogP contribution in [0.5, 0.6) is 11.7 Å². The minimum Gasteiger partial charge on any atom is -0.429 e. The molecule has 0 bridgehead atoms. The normalized spacial score (nSPS) is 9.82. The molecule has 0 fully saturated rings. The summed E-state index contributed by atoms with van der Waals surface area (Å²) in [6, 6.07) is 8.97. The van der Waals surface area contributed by atoms with Crippen molar-refractivity contribution in [2.45, 2.75) is 13.5 Å². The van der Waals surface area contributed by atoms with E-state index < -0.39 is 0 Å². The van der Waals surface area contributed by atoms with Crippen LogP contribution in [0.2, 0.25) is 5.02 Å². The predicted octanol–water partition coefficient (Wildman–Crippen LogP) is 3.91. The van der Waals surface area contributed by atoms with Crippen LogP contribution in [0.4, 0.5) is 0 Å². The Hall–Kier alpha value is -1.16. The van der Waals surface area contributed by atoms with E-state index in [1.807, 2.05) is 13.0 Å². The zero-order chi connectivity index (χ0) is 11.5. The van der Waals surface area contributed by atoms with Gasteiger partial charge in [0.1, 0.15) is 11.5 Å². The lowest BCUT2D eigenvalue weighted by atomic mass is 10.2. The molecular formula is C12H13Cl2NO2. The quantitative estimate of drug-likeness (QED) is 0.922. The van der Waals surface area contributed by atoms with E-state index in [2.05, 4.69) is 0 Å². The molecule has 0 spiro atoms. The Morgan fingerprint density at radius 3 is 2.65 bits per heavy atom. The Morgan fingerprint density at radius 2 is 2.06 bits per heavy atom. The lowest BCUT2D eigenvalue weighted by Gasteiger charge is -2.04. The molecule has 0 unspecified atom stereocenters. The first-order chi connectivity index (χ1) is 7.69. The summed E-state index contributed by atoms with van der Waals surface area (Å²) in [6.07, 6.45) is 0. The number of nitrogens with two attached hydrogens (primary N) is 1. The van der Waals surface area contributed by atoms with Crippen molar-refractivity contribution in [3.8, 4) is 11.7 Å². The van der Waals surface area contributed by atoms with Gasteiger partial charge in [-0.1, -0.05) is 11.6 Å². The molecule has 3 nitrogen and oxygen atoms in total. The number of rotatable bonds is 3. The molecule has 0 saturated heterocycles. The predicted molar refractivity (Wildman–Crippen MR) is 70.1 cm³/mol. The maximum absolute atomic E-state index is 5.91. The van der Waals surface area contributed by atoms with Gasteiger partial charge in [-0.15, -0.1) is 12.4 Å². The van der Waals surface area contributed by atoms with Crippen LogP contribution in [0.1, 0.15) is 11.3 Å². The number of hydrogen-bond acceptors (Lipinski definition) is 3. The molecule has 0 aliphatic rings. The van der Waals surface area contributed by atoms with Gasteiger partial charge < -0.3 is 14.9 Å². The summed E-state index contributed by atoms with van der Waals surface area (Å²) >= 11 is 5.91. The molecule has 1 heterocycles. The Balaban J connectivity index is 0.00000144. The SMILES string of the molecule is Cc1cc(Oc2ccc(CN)o2)ccc1Cl.Cl. The van der Waals surface area contributed by atoms with Crippen LogP contribution < -0.4 is 10.5 Å². The second-order valence-corrected chi connectivity index (χ2v) is 3.85. The highest BCUT2D eigenvalue weighted by molar-refractivity contribution is 6.31. The number of ether oxygens (including phenoxy) is 1. The van der Waals surface area contributed by atoms with Gasteiger partial charge >= 0.3 is 0 Å². The number of hydrogen-bond donors (Lipinski definition) is 1. The molecule has 0 aliphatic carbocycles. The highest BCUT2D eigenvalue weighted by Gasteiger charge is 2.04. The summed E-state index contributed by atoms with van der Waals surface area (Å²) in [5.74, 6) is 1.82. The Morgan fingerprint density at radius 1 is 1.29 bits per heavy atom. The molecule has 2 aromatic rings. The summed E-state index contributed by atoms with van der Waals surface area (Å²) in [7, 11) is 0. The van der Waals surface area contributed by atoms with Gasteiger partial charge in [0.15, 0.2) is 0 Å². The van der Waals surface area contributed by atoms with E-state index in [1.165, 1.54) is 0 Å². The smallest absolute Gasteiger partial charge is 0.290 e. The highest BCUT2D eigenvalue weighted by atomic mass is 35.5. The number of benzene rings is 1. The van der Waals surface area contributed by atoms with Crippen LogP contribution in [-0.2, 0) is 6.54 Å². The Kier molecular flexibility index (Phi) is 4.87. The first-order valence-corrected chi connectivity index (χ1v) is 5.29. The van der Waals surface area contributed by atoms with Crippen molar-refractivity contribution in [3.05, 3.63) is 46.7 Å². The number of halogens is 2. The topological polar surface area (TPSA) is 48.4 Å². The molecule has 0 saturated carbocycles. The average Bonchev–Trinajstić information content (AvgIpc) is 2.71. The van der Waals surface area contributed by atoms with Gasteiger partial charge in [-0.3, -0.25) is 0 Å². The highest BCUT2D eigenvalue weighted by Crippen LogP contribution is 2.27. The van der Waals surface area contributed by atoms with Gasteiger partial charge in [0.2, 0.25) is 0 Å². The summed E-state index contributed by atoms with van der Waals surface area (Å²) in [4.78, 5) is 0. The second-order valence-electron chi connectivity index (χ2n) is 3.44. The van der Waals surface area contributed by atoms with Crippen LogP contribution in [0.25, 0.3) is 0 Å². The summed E-state index contributed by atoms with van der Waals surface area (Å²) in [5, 5.41) is 0.717. The lowest BCUT2D eigenvalue weighted by molar-refractivity contribution is 0.332. The summed E-state index contributed by atoms with van der Waals surface area (Å²) in [6.45, 7) is 2.28. The fraction of sp³-hybridized carbons (Fsp3) is 0.167. The Bertz CT molecular complexity index is 497. The molecule has 92 valence electrons. The third-order valence-corrected chi connectivity index (χ3v) is 2.61. The minimum absolute atomic E-state index is 0. The van der Waals surface area contributed by atoms with E-state index in [-0.39, 0.29) is 12.4 Å². The molecule has 5 heteroatoms. The van der Waals surface area contributed by atoms with Crippen LogP contribution >= 0.6 is 24.0 Å². The Labute approximate surface area is 111 Å². The standard InChI is InChI=1S/C12H12ClNO2.ClH/c1-8-6-9(2-4-11(8)13)15-12-5-3-10(7-14)16-12;/h2-6H,7,14H2,1H3;1H. The molecule has 1 aromatic heterocycles. The van der Waals surface area contributed by atoms with Crippen molar-refractivity contribution in [1.82, 2.24) is 0 Å². The van der Waals surface area contributed by atoms with Crippen molar-refractivity contribution in [2.75, 3.05) is 0 Å². The molecule has 0 aliphatic heterocycles. The van der Waals surface area contributed by atoms with Gasteiger partial charge in [0.25, 0.3) is 5.95 Å². The van der Waals surface area contributed by atoms with Crippen molar-refractivity contribution < 1.29 is 9.15 Å². The van der Waals surface area contributed by atoms with E-state index >= 15 is 0 Å².